The molecule has 4 nitrogen and oxygen atoms in total. The highest BCUT2D eigenvalue weighted by molar-refractivity contribution is 5.77. The zero-order chi connectivity index (χ0) is 18.6. The van der Waals surface area contributed by atoms with Crippen LogP contribution in [0.1, 0.15) is 66.2 Å². The van der Waals surface area contributed by atoms with Gasteiger partial charge in [0.1, 0.15) is 6.10 Å². The van der Waals surface area contributed by atoms with Gasteiger partial charge in [-0.05, 0) is 67.8 Å². The fourth-order valence-corrected chi connectivity index (χ4v) is 6.32. The molecule has 0 unspecified atom stereocenters. The summed E-state index contributed by atoms with van der Waals surface area (Å²) < 4.78 is 5.16. The summed E-state index contributed by atoms with van der Waals surface area (Å²) in [4.78, 5) is 12.6. The van der Waals surface area contributed by atoms with Gasteiger partial charge in [-0.15, -0.1) is 0 Å². The zero-order valence-electron chi connectivity index (χ0n) is 16.3. The smallest absolute Gasteiger partial charge is 0.311 e. The first-order chi connectivity index (χ1) is 11.6. The highest BCUT2D eigenvalue weighted by Gasteiger charge is 2.60. The minimum atomic E-state index is -1.04. The summed E-state index contributed by atoms with van der Waals surface area (Å²) >= 11 is 0. The predicted octanol–water partition coefficient (Wildman–Crippen LogP) is 3.46. The van der Waals surface area contributed by atoms with E-state index in [-0.39, 0.29) is 29.1 Å². The largest absolute Gasteiger partial charge is 0.469 e. The number of fused-ring (bicyclic) bond motifs is 3. The molecule has 0 aliphatic heterocycles. The SMILES string of the molecule is COC(=O)[C@]1(C)CCC[C@@]2(C)[C@H]1CC=C1[C@@H](O)[C@](O)(C(C)C)CC[C@@H]12. The molecule has 0 aromatic carbocycles. The lowest BCUT2D eigenvalue weighted by Crippen LogP contribution is -2.59. The Morgan fingerprint density at radius 3 is 2.56 bits per heavy atom. The maximum Gasteiger partial charge on any atom is 0.311 e. The molecule has 0 heterocycles. The molecule has 2 saturated carbocycles. The van der Waals surface area contributed by atoms with Gasteiger partial charge in [0, 0.05) is 0 Å². The van der Waals surface area contributed by atoms with E-state index in [0.717, 1.165) is 37.7 Å². The van der Waals surface area contributed by atoms with Crippen molar-refractivity contribution in [3.8, 4) is 0 Å². The molecule has 0 aromatic rings. The number of esters is 1. The number of carbonyl (C=O) groups excluding carboxylic acids is 1. The van der Waals surface area contributed by atoms with Crippen LogP contribution in [0, 0.1) is 28.6 Å². The molecule has 3 rings (SSSR count). The number of methoxy groups -OCH3 is 1. The maximum atomic E-state index is 12.6. The van der Waals surface area contributed by atoms with Crippen LogP contribution in [0.5, 0.6) is 0 Å². The Morgan fingerprint density at radius 2 is 1.96 bits per heavy atom. The van der Waals surface area contributed by atoms with E-state index in [4.69, 9.17) is 4.74 Å². The Bertz CT molecular complexity index is 582. The molecule has 0 amide bonds. The first-order valence-electron chi connectivity index (χ1n) is 9.80. The van der Waals surface area contributed by atoms with Gasteiger partial charge in [0.05, 0.1) is 18.1 Å². The highest BCUT2D eigenvalue weighted by atomic mass is 16.5. The molecular weight excluding hydrogens is 316 g/mol. The van der Waals surface area contributed by atoms with Crippen molar-refractivity contribution in [2.75, 3.05) is 7.11 Å². The summed E-state index contributed by atoms with van der Waals surface area (Å²) in [6, 6.07) is 0. The van der Waals surface area contributed by atoms with Crippen molar-refractivity contribution in [3.05, 3.63) is 11.6 Å². The van der Waals surface area contributed by atoms with Crippen molar-refractivity contribution in [1.82, 2.24) is 0 Å². The number of carbonyl (C=O) groups is 1. The Morgan fingerprint density at radius 1 is 1.28 bits per heavy atom. The van der Waals surface area contributed by atoms with Crippen molar-refractivity contribution < 1.29 is 19.7 Å². The molecule has 0 aromatic heterocycles. The van der Waals surface area contributed by atoms with Crippen molar-refractivity contribution in [1.29, 1.82) is 0 Å². The van der Waals surface area contributed by atoms with Gasteiger partial charge in [0.25, 0.3) is 0 Å². The zero-order valence-corrected chi connectivity index (χ0v) is 16.3. The Labute approximate surface area is 151 Å². The monoisotopic (exact) mass is 350 g/mol. The summed E-state index contributed by atoms with van der Waals surface area (Å²) in [5, 5.41) is 22.0. The number of allylic oxidation sites excluding steroid dienone is 1. The minimum absolute atomic E-state index is 0.0153. The van der Waals surface area contributed by atoms with Gasteiger partial charge in [-0.25, -0.2) is 0 Å². The lowest BCUT2D eigenvalue weighted by atomic mass is 9.45. The van der Waals surface area contributed by atoms with E-state index in [9.17, 15) is 15.0 Å². The molecule has 0 radical (unpaired) electrons. The van der Waals surface area contributed by atoms with Crippen molar-refractivity contribution in [3.63, 3.8) is 0 Å². The van der Waals surface area contributed by atoms with Crippen LogP contribution >= 0.6 is 0 Å². The van der Waals surface area contributed by atoms with Gasteiger partial charge < -0.3 is 14.9 Å². The summed E-state index contributed by atoms with van der Waals surface area (Å²) in [5.74, 6) is 0.383. The molecule has 3 aliphatic rings. The van der Waals surface area contributed by atoms with Crippen LogP contribution in [-0.4, -0.2) is 35.0 Å². The number of aliphatic hydroxyl groups excluding tert-OH is 1. The summed E-state index contributed by atoms with van der Waals surface area (Å²) in [6.45, 7) is 8.31. The number of hydrogen-bond acceptors (Lipinski definition) is 4. The lowest BCUT2D eigenvalue weighted by Gasteiger charge is -2.60. The average Bonchev–Trinajstić information content (AvgIpc) is 2.57. The molecule has 2 fully saturated rings. The number of hydrogen-bond donors (Lipinski definition) is 2. The van der Waals surface area contributed by atoms with Crippen LogP contribution in [0.2, 0.25) is 0 Å². The van der Waals surface area contributed by atoms with E-state index in [0.29, 0.717) is 6.42 Å². The molecule has 4 heteroatoms. The molecule has 142 valence electrons. The van der Waals surface area contributed by atoms with Gasteiger partial charge in [-0.2, -0.15) is 0 Å². The first-order valence-corrected chi connectivity index (χ1v) is 9.80. The first kappa shape index (κ1) is 18.9. The fourth-order valence-electron chi connectivity index (χ4n) is 6.32. The lowest BCUT2D eigenvalue weighted by molar-refractivity contribution is -0.171. The number of ether oxygens (including phenoxy) is 1. The second kappa shape index (κ2) is 6.09. The van der Waals surface area contributed by atoms with Crippen molar-refractivity contribution in [2.45, 2.75) is 77.9 Å². The van der Waals surface area contributed by atoms with Crippen LogP contribution in [0.25, 0.3) is 0 Å². The molecule has 0 bridgehead atoms. The maximum absolute atomic E-state index is 12.6. The van der Waals surface area contributed by atoms with E-state index in [1.165, 1.54) is 7.11 Å². The molecule has 0 spiro atoms. The second-order valence-electron chi connectivity index (χ2n) is 9.40. The molecule has 6 atom stereocenters. The quantitative estimate of drug-likeness (QED) is 0.591. The third-order valence-corrected chi connectivity index (χ3v) is 8.04. The second-order valence-corrected chi connectivity index (χ2v) is 9.40. The third-order valence-electron chi connectivity index (χ3n) is 8.04. The van der Waals surface area contributed by atoms with Crippen molar-refractivity contribution >= 4 is 5.97 Å². The van der Waals surface area contributed by atoms with Crippen LogP contribution in [-0.2, 0) is 9.53 Å². The van der Waals surface area contributed by atoms with Gasteiger partial charge in [0.15, 0.2) is 0 Å². The predicted molar refractivity (Wildman–Crippen MR) is 96.8 cm³/mol. The Hall–Kier alpha value is -0.870. The summed E-state index contributed by atoms with van der Waals surface area (Å²) in [7, 11) is 1.48. The molecule has 2 N–H and O–H groups in total. The van der Waals surface area contributed by atoms with E-state index >= 15 is 0 Å². The van der Waals surface area contributed by atoms with Crippen LogP contribution < -0.4 is 0 Å². The fraction of sp³-hybridized carbons (Fsp3) is 0.857. The third kappa shape index (κ3) is 2.51. The molecule has 25 heavy (non-hydrogen) atoms. The molecule has 3 aliphatic carbocycles. The summed E-state index contributed by atoms with van der Waals surface area (Å²) in [6.07, 6.45) is 6.54. The van der Waals surface area contributed by atoms with Crippen LogP contribution in [0.4, 0.5) is 0 Å². The Kier molecular flexibility index (Phi) is 4.61. The van der Waals surface area contributed by atoms with Gasteiger partial charge in [0.2, 0.25) is 0 Å². The number of rotatable bonds is 2. The van der Waals surface area contributed by atoms with E-state index in [1.807, 2.05) is 13.8 Å². The summed E-state index contributed by atoms with van der Waals surface area (Å²) in [5.41, 5.74) is -0.507. The topological polar surface area (TPSA) is 66.8 Å². The molecular formula is C21H34O4. The van der Waals surface area contributed by atoms with E-state index in [2.05, 4.69) is 19.9 Å². The van der Waals surface area contributed by atoms with Gasteiger partial charge in [-0.1, -0.05) is 33.3 Å². The number of aliphatic hydroxyl groups is 2. The van der Waals surface area contributed by atoms with Crippen molar-refractivity contribution in [2.24, 2.45) is 28.6 Å². The van der Waals surface area contributed by atoms with Crippen LogP contribution in [0.3, 0.4) is 0 Å². The normalized spacial score (nSPS) is 46.9. The van der Waals surface area contributed by atoms with Crippen LogP contribution in [0.15, 0.2) is 11.6 Å². The molecule has 0 saturated heterocycles. The van der Waals surface area contributed by atoms with Gasteiger partial charge >= 0.3 is 5.97 Å². The van der Waals surface area contributed by atoms with E-state index < -0.39 is 17.1 Å². The minimum Gasteiger partial charge on any atom is -0.469 e. The highest BCUT2D eigenvalue weighted by Crippen LogP contribution is 2.63. The Balaban J connectivity index is 2.00. The van der Waals surface area contributed by atoms with Gasteiger partial charge in [-0.3, -0.25) is 4.79 Å². The van der Waals surface area contributed by atoms with E-state index in [1.54, 1.807) is 0 Å². The standard InChI is InChI=1S/C21H34O4/c1-13(2)21(24)12-9-15-14(17(21)22)7-8-16-19(15,3)10-6-11-20(16,4)18(23)25-5/h7,13,15-17,22,24H,6,8-12H2,1-5H3/t15-,16+,17+,19+,20+,21+/m0/s1. The average molecular weight is 350 g/mol.